The molecule has 0 saturated carbocycles. The number of rotatable bonds is 6. The predicted molar refractivity (Wildman–Crippen MR) is 97.8 cm³/mol. The number of aromatic nitrogens is 2. The van der Waals surface area contributed by atoms with Crippen LogP contribution in [0.15, 0.2) is 65.7 Å². The summed E-state index contributed by atoms with van der Waals surface area (Å²) in [5.41, 5.74) is 6.68. The van der Waals surface area contributed by atoms with E-state index in [1.807, 2.05) is 0 Å². The van der Waals surface area contributed by atoms with E-state index < -0.39 is 5.91 Å². The zero-order valence-electron chi connectivity index (χ0n) is 13.6. The number of primary amides is 1. The zero-order valence-corrected chi connectivity index (χ0v) is 14.4. The molecule has 0 unspecified atom stereocenters. The second-order valence-electron chi connectivity index (χ2n) is 5.32. The van der Waals surface area contributed by atoms with E-state index in [1.165, 1.54) is 16.8 Å². The van der Waals surface area contributed by atoms with Gasteiger partial charge in [-0.2, -0.15) is 5.10 Å². The molecule has 0 atom stereocenters. The molecule has 0 saturated heterocycles. The lowest BCUT2D eigenvalue weighted by atomic mass is 10.3. The first-order valence-corrected chi connectivity index (χ1v) is 8.64. The van der Waals surface area contributed by atoms with Crippen LogP contribution in [0.4, 0.5) is 10.1 Å². The Morgan fingerprint density at radius 2 is 1.85 bits per heavy atom. The number of hydrogen-bond acceptors (Lipinski definition) is 4. The molecule has 0 bridgehead atoms. The van der Waals surface area contributed by atoms with Crippen LogP contribution in [-0.4, -0.2) is 27.3 Å². The van der Waals surface area contributed by atoms with Crippen molar-refractivity contribution < 1.29 is 14.0 Å². The molecule has 0 spiro atoms. The molecule has 2 aromatic carbocycles. The molecule has 1 heterocycles. The van der Waals surface area contributed by atoms with Gasteiger partial charge in [-0.05, 0) is 42.5 Å². The van der Waals surface area contributed by atoms with Gasteiger partial charge in [0.2, 0.25) is 5.91 Å². The summed E-state index contributed by atoms with van der Waals surface area (Å²) in [5.74, 6) is -1.07. The van der Waals surface area contributed by atoms with Gasteiger partial charge in [-0.1, -0.05) is 12.1 Å². The number of carbonyl (C=O) groups is 2. The number of nitrogens with two attached hydrogens (primary N) is 1. The minimum atomic E-state index is -0.597. The number of hydrogen-bond donors (Lipinski definition) is 2. The maximum atomic E-state index is 13.5. The molecule has 8 heteroatoms. The molecule has 132 valence electrons. The van der Waals surface area contributed by atoms with E-state index in [4.69, 9.17) is 5.73 Å². The van der Waals surface area contributed by atoms with Crippen molar-refractivity contribution >= 4 is 29.3 Å². The van der Waals surface area contributed by atoms with E-state index in [9.17, 15) is 14.0 Å². The van der Waals surface area contributed by atoms with Crippen LogP contribution in [0.5, 0.6) is 0 Å². The third-order valence-electron chi connectivity index (χ3n) is 3.45. The molecular formula is C18H15FN4O2S. The maximum Gasteiger partial charge on any atom is 0.269 e. The first-order chi connectivity index (χ1) is 12.5. The van der Waals surface area contributed by atoms with Crippen LogP contribution in [-0.2, 0) is 4.79 Å². The van der Waals surface area contributed by atoms with Gasteiger partial charge in [0.15, 0.2) is 0 Å². The molecular weight excluding hydrogens is 355 g/mol. The van der Waals surface area contributed by atoms with Crippen LogP contribution >= 0.6 is 11.8 Å². The van der Waals surface area contributed by atoms with E-state index in [2.05, 4.69) is 10.4 Å². The fourth-order valence-electron chi connectivity index (χ4n) is 2.20. The molecule has 6 nitrogen and oxygen atoms in total. The molecule has 26 heavy (non-hydrogen) atoms. The van der Waals surface area contributed by atoms with Crippen molar-refractivity contribution in [2.75, 3.05) is 11.1 Å². The Hall–Kier alpha value is -3.13. The SMILES string of the molecule is NC(=O)c1ccn(-c2ccc(NC(=O)CSc3ccccc3F)cc2)n1. The maximum absolute atomic E-state index is 13.5. The Bertz CT molecular complexity index is 940. The van der Waals surface area contributed by atoms with E-state index in [1.54, 1.807) is 48.7 Å². The quantitative estimate of drug-likeness (QED) is 0.653. The number of nitrogens with one attached hydrogen (secondary N) is 1. The van der Waals surface area contributed by atoms with Gasteiger partial charge in [0, 0.05) is 16.8 Å². The van der Waals surface area contributed by atoms with Crippen molar-refractivity contribution in [3.05, 3.63) is 72.3 Å². The summed E-state index contributed by atoms with van der Waals surface area (Å²) in [5, 5.41) is 6.81. The molecule has 0 aliphatic carbocycles. The number of thioether (sulfide) groups is 1. The average Bonchev–Trinajstić information content (AvgIpc) is 3.12. The molecule has 2 amide bonds. The smallest absolute Gasteiger partial charge is 0.269 e. The van der Waals surface area contributed by atoms with Gasteiger partial charge in [-0.15, -0.1) is 11.8 Å². The van der Waals surface area contributed by atoms with Gasteiger partial charge >= 0.3 is 0 Å². The van der Waals surface area contributed by atoms with Gasteiger partial charge < -0.3 is 11.1 Å². The Balaban J connectivity index is 1.59. The summed E-state index contributed by atoms with van der Waals surface area (Å²) < 4.78 is 15.0. The Labute approximate surface area is 153 Å². The Morgan fingerprint density at radius 1 is 1.12 bits per heavy atom. The molecule has 0 aliphatic rings. The lowest BCUT2D eigenvalue weighted by molar-refractivity contribution is -0.113. The van der Waals surface area contributed by atoms with Crippen LogP contribution in [0.1, 0.15) is 10.5 Å². The predicted octanol–water partition coefficient (Wildman–Crippen LogP) is 2.84. The first kappa shape index (κ1) is 17.7. The standard InChI is InChI=1S/C18H15FN4O2S/c19-14-3-1-2-4-16(14)26-11-17(24)21-12-5-7-13(8-6-12)23-10-9-15(22-23)18(20)25/h1-10H,11H2,(H2,20,25)(H,21,24). The number of carbonyl (C=O) groups excluding carboxylic acids is 2. The van der Waals surface area contributed by atoms with E-state index in [0.29, 0.717) is 10.6 Å². The average molecular weight is 370 g/mol. The number of halogens is 1. The van der Waals surface area contributed by atoms with Crippen molar-refractivity contribution in [3.8, 4) is 5.69 Å². The third-order valence-corrected chi connectivity index (χ3v) is 4.50. The number of benzene rings is 2. The second kappa shape index (κ2) is 7.83. The van der Waals surface area contributed by atoms with Crippen molar-refractivity contribution in [2.24, 2.45) is 5.73 Å². The minimum Gasteiger partial charge on any atom is -0.364 e. The normalized spacial score (nSPS) is 10.5. The molecule has 1 aromatic heterocycles. The summed E-state index contributed by atoms with van der Waals surface area (Å²) in [6, 6.07) is 14.8. The number of amides is 2. The van der Waals surface area contributed by atoms with Crippen molar-refractivity contribution in [1.82, 2.24) is 9.78 Å². The summed E-state index contributed by atoms with van der Waals surface area (Å²) in [6.07, 6.45) is 1.62. The van der Waals surface area contributed by atoms with Crippen LogP contribution in [0.3, 0.4) is 0 Å². The van der Waals surface area contributed by atoms with Crippen molar-refractivity contribution in [1.29, 1.82) is 0 Å². The van der Waals surface area contributed by atoms with E-state index >= 15 is 0 Å². The van der Waals surface area contributed by atoms with Crippen molar-refractivity contribution in [2.45, 2.75) is 4.90 Å². The fraction of sp³-hybridized carbons (Fsp3) is 0.0556. The van der Waals surface area contributed by atoms with Crippen LogP contribution in [0, 0.1) is 5.82 Å². The third kappa shape index (κ3) is 4.28. The topological polar surface area (TPSA) is 90.0 Å². The summed E-state index contributed by atoms with van der Waals surface area (Å²) in [4.78, 5) is 23.5. The summed E-state index contributed by atoms with van der Waals surface area (Å²) in [6.45, 7) is 0. The Morgan fingerprint density at radius 3 is 2.50 bits per heavy atom. The molecule has 3 N–H and O–H groups in total. The largest absolute Gasteiger partial charge is 0.364 e. The molecule has 3 rings (SSSR count). The first-order valence-electron chi connectivity index (χ1n) is 7.66. The van der Waals surface area contributed by atoms with Gasteiger partial charge in [-0.3, -0.25) is 9.59 Å². The van der Waals surface area contributed by atoms with Gasteiger partial charge in [0.1, 0.15) is 11.5 Å². The molecule has 0 radical (unpaired) electrons. The highest BCUT2D eigenvalue weighted by atomic mass is 32.2. The van der Waals surface area contributed by atoms with E-state index in [-0.39, 0.29) is 23.2 Å². The highest BCUT2D eigenvalue weighted by Gasteiger charge is 2.08. The van der Waals surface area contributed by atoms with Gasteiger partial charge in [0.25, 0.3) is 5.91 Å². The Kier molecular flexibility index (Phi) is 5.33. The highest BCUT2D eigenvalue weighted by Crippen LogP contribution is 2.21. The number of anilines is 1. The lowest BCUT2D eigenvalue weighted by Gasteiger charge is -2.07. The monoisotopic (exact) mass is 370 g/mol. The van der Waals surface area contributed by atoms with Crippen LogP contribution < -0.4 is 11.1 Å². The second-order valence-corrected chi connectivity index (χ2v) is 6.34. The van der Waals surface area contributed by atoms with Gasteiger partial charge in [0.05, 0.1) is 11.4 Å². The lowest BCUT2D eigenvalue weighted by Crippen LogP contribution is -2.14. The minimum absolute atomic E-state index is 0.101. The van der Waals surface area contributed by atoms with Gasteiger partial charge in [-0.25, -0.2) is 9.07 Å². The molecule has 3 aromatic rings. The highest BCUT2D eigenvalue weighted by molar-refractivity contribution is 8.00. The van der Waals surface area contributed by atoms with Crippen LogP contribution in [0.2, 0.25) is 0 Å². The molecule has 0 aliphatic heterocycles. The zero-order chi connectivity index (χ0) is 18.5. The van der Waals surface area contributed by atoms with Crippen molar-refractivity contribution in [3.63, 3.8) is 0 Å². The van der Waals surface area contributed by atoms with E-state index in [0.717, 1.165) is 17.4 Å². The number of nitrogens with zero attached hydrogens (tertiary/aromatic N) is 2. The summed E-state index contributed by atoms with van der Waals surface area (Å²) in [7, 11) is 0. The van der Waals surface area contributed by atoms with Crippen LogP contribution in [0.25, 0.3) is 5.69 Å². The molecule has 0 fully saturated rings. The fourth-order valence-corrected chi connectivity index (χ4v) is 2.94. The summed E-state index contributed by atoms with van der Waals surface area (Å²) >= 11 is 1.13.